The second kappa shape index (κ2) is 8.03. The maximum Gasteiger partial charge on any atom is 0.433 e. The number of benzene rings is 1. The normalized spacial score (nSPS) is 14.1. The van der Waals surface area contributed by atoms with Crippen molar-refractivity contribution >= 4 is 40.4 Å². The SMILES string of the molecule is O=C(Nc1cnn(Cc2ccc(Cl)c(Cl)c2)c1)c1cc2nc(C3CC3)cc(C(F)(F)F)n2n1. The van der Waals surface area contributed by atoms with Crippen LogP contribution in [0.5, 0.6) is 0 Å². The Morgan fingerprint density at radius 3 is 2.64 bits per heavy atom. The standard InChI is InChI=1S/C21H15Cl2F3N6O/c22-14-4-1-11(5-15(14)23)9-31-10-13(8-27-31)28-20(33)17-7-19-29-16(12-2-3-12)6-18(21(24,25)26)32(19)30-17/h1,4-8,10,12H,2-3,9H2,(H,28,33). The highest BCUT2D eigenvalue weighted by Crippen LogP contribution is 2.41. The molecule has 0 unspecified atom stereocenters. The van der Waals surface area contributed by atoms with Gasteiger partial charge in [0.05, 0.1) is 28.5 Å². The molecule has 1 aromatic carbocycles. The third-order valence-electron chi connectivity index (χ3n) is 5.19. The molecule has 170 valence electrons. The first-order chi connectivity index (χ1) is 15.7. The molecule has 12 heteroatoms. The number of amides is 1. The molecule has 0 saturated heterocycles. The number of halogens is 5. The van der Waals surface area contributed by atoms with Gasteiger partial charge in [-0.25, -0.2) is 9.50 Å². The van der Waals surface area contributed by atoms with Gasteiger partial charge in [0.2, 0.25) is 0 Å². The van der Waals surface area contributed by atoms with Crippen LogP contribution in [0.1, 0.15) is 46.2 Å². The van der Waals surface area contributed by atoms with Crippen molar-refractivity contribution in [1.29, 1.82) is 0 Å². The highest BCUT2D eigenvalue weighted by molar-refractivity contribution is 6.42. The fourth-order valence-corrected chi connectivity index (χ4v) is 3.75. The van der Waals surface area contributed by atoms with Gasteiger partial charge in [0.25, 0.3) is 5.91 Å². The molecule has 1 saturated carbocycles. The van der Waals surface area contributed by atoms with E-state index >= 15 is 0 Å². The summed E-state index contributed by atoms with van der Waals surface area (Å²) in [6.45, 7) is 0.379. The molecule has 33 heavy (non-hydrogen) atoms. The van der Waals surface area contributed by atoms with Crippen molar-refractivity contribution in [3.63, 3.8) is 0 Å². The summed E-state index contributed by atoms with van der Waals surface area (Å²) in [4.78, 5) is 16.9. The number of anilines is 1. The van der Waals surface area contributed by atoms with Crippen LogP contribution in [-0.2, 0) is 12.7 Å². The maximum atomic E-state index is 13.6. The summed E-state index contributed by atoms with van der Waals surface area (Å²) in [6.07, 6.45) is -0.0186. The van der Waals surface area contributed by atoms with E-state index in [1.165, 1.54) is 12.3 Å². The molecule has 0 radical (unpaired) electrons. The fourth-order valence-electron chi connectivity index (χ4n) is 3.43. The number of carbonyl (C=O) groups is 1. The van der Waals surface area contributed by atoms with Crippen molar-refractivity contribution in [2.24, 2.45) is 0 Å². The molecule has 0 spiro atoms. The van der Waals surface area contributed by atoms with E-state index in [0.717, 1.165) is 24.5 Å². The van der Waals surface area contributed by atoms with Gasteiger partial charge in [-0.2, -0.15) is 23.4 Å². The van der Waals surface area contributed by atoms with Crippen molar-refractivity contribution in [3.8, 4) is 0 Å². The molecule has 0 atom stereocenters. The van der Waals surface area contributed by atoms with E-state index < -0.39 is 17.8 Å². The summed E-state index contributed by atoms with van der Waals surface area (Å²) < 4.78 is 42.9. The second-order valence-electron chi connectivity index (χ2n) is 7.77. The van der Waals surface area contributed by atoms with Crippen molar-refractivity contribution in [1.82, 2.24) is 24.4 Å². The number of nitrogens with zero attached hydrogens (tertiary/aromatic N) is 5. The zero-order valence-corrected chi connectivity index (χ0v) is 18.3. The van der Waals surface area contributed by atoms with Gasteiger partial charge in [-0.1, -0.05) is 29.3 Å². The summed E-state index contributed by atoms with van der Waals surface area (Å²) in [5.74, 6) is -0.652. The molecule has 7 nitrogen and oxygen atoms in total. The van der Waals surface area contributed by atoms with Gasteiger partial charge < -0.3 is 5.32 Å². The molecular weight excluding hydrogens is 480 g/mol. The monoisotopic (exact) mass is 494 g/mol. The van der Waals surface area contributed by atoms with E-state index in [9.17, 15) is 18.0 Å². The summed E-state index contributed by atoms with van der Waals surface area (Å²) in [6, 6.07) is 7.43. The Balaban J connectivity index is 1.37. The lowest BCUT2D eigenvalue weighted by molar-refractivity contribution is -0.142. The summed E-state index contributed by atoms with van der Waals surface area (Å²) >= 11 is 11.9. The van der Waals surface area contributed by atoms with Gasteiger partial charge >= 0.3 is 6.18 Å². The quantitative estimate of drug-likeness (QED) is 0.401. The van der Waals surface area contributed by atoms with E-state index in [4.69, 9.17) is 23.2 Å². The van der Waals surface area contributed by atoms with Gasteiger partial charge in [0.1, 0.15) is 5.69 Å². The number of hydrogen-bond acceptors (Lipinski definition) is 4. The molecule has 5 rings (SSSR count). The van der Waals surface area contributed by atoms with Crippen molar-refractivity contribution in [2.45, 2.75) is 31.5 Å². The molecule has 0 bridgehead atoms. The van der Waals surface area contributed by atoms with Crippen LogP contribution in [-0.4, -0.2) is 30.3 Å². The Kier molecular flexibility index (Phi) is 5.29. The summed E-state index contributed by atoms with van der Waals surface area (Å²) in [5, 5.41) is 11.5. The average Bonchev–Trinajstić information content (AvgIpc) is 3.37. The van der Waals surface area contributed by atoms with Gasteiger partial charge in [-0.05, 0) is 36.6 Å². The minimum atomic E-state index is -4.63. The van der Waals surface area contributed by atoms with Crippen LogP contribution in [0.15, 0.2) is 42.7 Å². The van der Waals surface area contributed by atoms with Crippen LogP contribution < -0.4 is 5.32 Å². The van der Waals surface area contributed by atoms with Gasteiger partial charge in [-0.3, -0.25) is 9.48 Å². The van der Waals surface area contributed by atoms with E-state index in [2.05, 4.69) is 20.5 Å². The Labute approximate surface area is 195 Å². The largest absolute Gasteiger partial charge is 0.433 e. The molecule has 1 amide bonds. The van der Waals surface area contributed by atoms with Gasteiger partial charge in [-0.15, -0.1) is 0 Å². The predicted octanol–water partition coefficient (Wildman–Crippen LogP) is 5.43. The molecule has 0 aliphatic heterocycles. The van der Waals surface area contributed by atoms with E-state index in [-0.39, 0.29) is 17.3 Å². The number of aromatic nitrogens is 5. The fraction of sp³-hybridized carbons (Fsp3) is 0.238. The van der Waals surface area contributed by atoms with E-state index in [0.29, 0.717) is 32.5 Å². The average molecular weight is 495 g/mol. The topological polar surface area (TPSA) is 77.1 Å². The Morgan fingerprint density at radius 1 is 1.15 bits per heavy atom. The highest BCUT2D eigenvalue weighted by Gasteiger charge is 2.37. The molecule has 3 aromatic heterocycles. The number of rotatable bonds is 5. The summed E-state index contributed by atoms with van der Waals surface area (Å²) in [5.41, 5.74) is 0.418. The van der Waals surface area contributed by atoms with Crippen LogP contribution in [0.4, 0.5) is 18.9 Å². The van der Waals surface area contributed by atoms with Crippen LogP contribution in [0.25, 0.3) is 5.65 Å². The zero-order chi connectivity index (χ0) is 23.3. The first-order valence-corrected chi connectivity index (χ1v) is 10.7. The smallest absolute Gasteiger partial charge is 0.318 e. The number of nitrogens with one attached hydrogen (secondary N) is 1. The van der Waals surface area contributed by atoms with Crippen molar-refractivity contribution in [2.75, 3.05) is 5.32 Å². The molecule has 1 aliphatic rings. The predicted molar refractivity (Wildman–Crippen MR) is 116 cm³/mol. The number of alkyl halides is 3. The van der Waals surface area contributed by atoms with Gasteiger partial charge in [0, 0.05) is 23.9 Å². The van der Waals surface area contributed by atoms with Crippen LogP contribution in [0.2, 0.25) is 10.0 Å². The molecule has 3 heterocycles. The lowest BCUT2D eigenvalue weighted by atomic mass is 10.2. The van der Waals surface area contributed by atoms with E-state index in [1.807, 2.05) is 0 Å². The third-order valence-corrected chi connectivity index (χ3v) is 5.92. The zero-order valence-electron chi connectivity index (χ0n) is 16.8. The lowest BCUT2D eigenvalue weighted by Gasteiger charge is -2.10. The third kappa shape index (κ3) is 4.53. The highest BCUT2D eigenvalue weighted by atomic mass is 35.5. The van der Waals surface area contributed by atoms with Crippen molar-refractivity contribution in [3.05, 3.63) is 75.4 Å². The van der Waals surface area contributed by atoms with Crippen LogP contribution in [0.3, 0.4) is 0 Å². The first-order valence-electron chi connectivity index (χ1n) is 9.93. The number of carbonyl (C=O) groups excluding carboxylic acids is 1. The van der Waals surface area contributed by atoms with Crippen LogP contribution in [0, 0.1) is 0 Å². The maximum absolute atomic E-state index is 13.6. The molecule has 1 aliphatic carbocycles. The van der Waals surface area contributed by atoms with Gasteiger partial charge in [0.15, 0.2) is 11.3 Å². The number of fused-ring (bicyclic) bond motifs is 1. The Bertz CT molecular complexity index is 1380. The van der Waals surface area contributed by atoms with Crippen molar-refractivity contribution < 1.29 is 18.0 Å². The minimum absolute atomic E-state index is 0.0182. The second-order valence-corrected chi connectivity index (χ2v) is 8.58. The van der Waals surface area contributed by atoms with E-state index in [1.54, 1.807) is 29.1 Å². The molecular formula is C21H15Cl2F3N6O. The molecule has 1 N–H and O–H groups in total. The lowest BCUT2D eigenvalue weighted by Crippen LogP contribution is -2.16. The Morgan fingerprint density at radius 2 is 1.94 bits per heavy atom. The first kappa shape index (κ1) is 21.7. The summed E-state index contributed by atoms with van der Waals surface area (Å²) in [7, 11) is 0. The Hall–Kier alpha value is -3.11. The minimum Gasteiger partial charge on any atom is -0.318 e. The van der Waals surface area contributed by atoms with Crippen LogP contribution >= 0.6 is 23.2 Å². The number of hydrogen-bond donors (Lipinski definition) is 1. The molecule has 4 aromatic rings. The molecule has 1 fully saturated rings.